The molecular formula is C72H93N3O9. The van der Waals surface area contributed by atoms with Gasteiger partial charge in [0.05, 0.1) is 19.6 Å². The van der Waals surface area contributed by atoms with Gasteiger partial charge in [0.1, 0.15) is 51.7 Å². The molecule has 0 radical (unpaired) electrons. The fourth-order valence-electron chi connectivity index (χ4n) is 10.9. The summed E-state index contributed by atoms with van der Waals surface area (Å²) in [6, 6.07) is 22.9. The van der Waals surface area contributed by atoms with Crippen LogP contribution in [0.5, 0.6) is 51.7 Å². The maximum absolute atomic E-state index is 15.6. The zero-order valence-electron chi connectivity index (χ0n) is 54.7. The Balaban J connectivity index is 1.51. The van der Waals surface area contributed by atoms with E-state index in [1.165, 1.54) is 13.7 Å². The summed E-state index contributed by atoms with van der Waals surface area (Å²) in [4.78, 5) is 46.8. The molecule has 1 aromatic heterocycles. The van der Waals surface area contributed by atoms with Crippen molar-refractivity contribution in [3.8, 4) is 51.7 Å². The van der Waals surface area contributed by atoms with E-state index in [9.17, 15) is 15.3 Å². The highest BCUT2D eigenvalue weighted by atomic mass is 16.5. The Hall–Kier alpha value is -7.47. The Kier molecular flexibility index (Phi) is 17.2. The van der Waals surface area contributed by atoms with Crippen LogP contribution < -0.4 is 31.3 Å². The first kappa shape index (κ1) is 64.1. The van der Waals surface area contributed by atoms with Crippen molar-refractivity contribution in [2.24, 2.45) is 0 Å². The number of phenols is 3. The highest BCUT2D eigenvalue weighted by molar-refractivity contribution is 5.58. The summed E-state index contributed by atoms with van der Waals surface area (Å²) in [6.07, 6.45) is 0. The molecular weight excluding hydrogens is 1050 g/mol. The number of aryl methyl sites for hydroxylation is 6. The van der Waals surface area contributed by atoms with Crippen molar-refractivity contribution in [3.05, 3.63) is 188 Å². The van der Waals surface area contributed by atoms with Crippen molar-refractivity contribution in [1.82, 2.24) is 13.7 Å². The Morgan fingerprint density at radius 2 is 0.452 bits per heavy atom. The predicted molar refractivity (Wildman–Crippen MR) is 341 cm³/mol. The van der Waals surface area contributed by atoms with E-state index >= 15 is 14.4 Å². The van der Waals surface area contributed by atoms with Gasteiger partial charge in [0.2, 0.25) is 0 Å². The van der Waals surface area contributed by atoms with Crippen molar-refractivity contribution in [3.63, 3.8) is 0 Å². The molecule has 0 aliphatic carbocycles. The zero-order chi connectivity index (χ0) is 63.0. The van der Waals surface area contributed by atoms with E-state index in [-0.39, 0.29) is 36.9 Å². The summed E-state index contributed by atoms with van der Waals surface area (Å²) < 4.78 is 24.2. The summed E-state index contributed by atoms with van der Waals surface area (Å²) in [5.74, 6) is 4.29. The fourth-order valence-corrected chi connectivity index (χ4v) is 10.9. The van der Waals surface area contributed by atoms with E-state index in [4.69, 9.17) is 14.2 Å². The molecule has 3 N–H and O–H groups in total. The fraction of sp³-hybridized carbons (Fsp3) is 0.458. The molecule has 1 heterocycles. The smallest absolute Gasteiger partial charge is 0.336 e. The summed E-state index contributed by atoms with van der Waals surface area (Å²) in [5, 5.41) is 32.1. The largest absolute Gasteiger partial charge is 0.507 e. The van der Waals surface area contributed by atoms with E-state index in [0.717, 1.165) is 33.4 Å². The number of hydrogen-bond donors (Lipinski definition) is 3. The van der Waals surface area contributed by atoms with Gasteiger partial charge < -0.3 is 29.5 Å². The number of aromatic nitrogens is 3. The van der Waals surface area contributed by atoms with Crippen molar-refractivity contribution in [1.29, 1.82) is 0 Å². The Bertz CT molecular complexity index is 3290. The maximum Gasteiger partial charge on any atom is 0.336 e. The Morgan fingerprint density at radius 1 is 0.298 bits per heavy atom. The van der Waals surface area contributed by atoms with Crippen molar-refractivity contribution >= 4 is 0 Å². The lowest BCUT2D eigenvalue weighted by Gasteiger charge is -2.31. The third kappa shape index (κ3) is 13.5. The van der Waals surface area contributed by atoms with Crippen LogP contribution in [0.15, 0.2) is 87.2 Å². The quantitative estimate of drug-likeness (QED) is 0.108. The molecule has 6 aromatic carbocycles. The van der Waals surface area contributed by atoms with Gasteiger partial charge in [-0.25, -0.2) is 28.1 Å². The van der Waals surface area contributed by atoms with E-state index in [0.29, 0.717) is 84.6 Å². The lowest BCUT2D eigenvalue weighted by Crippen LogP contribution is -2.55. The van der Waals surface area contributed by atoms with Gasteiger partial charge in [-0.3, -0.25) is 0 Å². The first-order valence-corrected chi connectivity index (χ1v) is 29.3. The van der Waals surface area contributed by atoms with Crippen molar-refractivity contribution in [2.75, 3.05) is 0 Å². The van der Waals surface area contributed by atoms with E-state index in [2.05, 4.69) is 125 Å². The molecule has 12 heteroatoms. The van der Waals surface area contributed by atoms with Gasteiger partial charge in [-0.2, -0.15) is 0 Å². The van der Waals surface area contributed by atoms with Gasteiger partial charge in [0, 0.05) is 33.4 Å². The molecule has 0 spiro atoms. The average molecular weight is 1140 g/mol. The standard InChI is InChI=1S/C72H93N3O9/c1-40-25-49(26-41(2)58(40)76)82-61-52(67(7,8)9)31-46(32-53(61)68(10,11)12)37-73-64(79)74(38-47-33-54(69(13,14)15)62(55(34-47)70(16,17)18)83-50-27-42(3)59(77)43(4)28-50)66(81)75(65(73)80)39-48-35-56(71(19,20)21)63(57(36-48)72(22,23)24)84-51-29-44(5)60(78)45(6)30-51/h25-36,76-78H,37-39H2,1-24H3. The molecule has 0 bridgehead atoms. The van der Waals surface area contributed by atoms with Gasteiger partial charge in [-0.1, -0.05) is 125 Å². The van der Waals surface area contributed by atoms with Gasteiger partial charge in [0.25, 0.3) is 0 Å². The average Bonchev–Trinajstić information content (AvgIpc) is 3.47. The molecule has 0 saturated carbocycles. The van der Waals surface area contributed by atoms with Crippen LogP contribution in [0.1, 0.15) is 208 Å². The molecule has 84 heavy (non-hydrogen) atoms. The molecule has 7 rings (SSSR count). The second-order valence-electron chi connectivity index (χ2n) is 29.7. The minimum atomic E-state index is -0.759. The minimum absolute atomic E-state index is 0.167. The summed E-state index contributed by atoms with van der Waals surface area (Å²) in [6.45, 7) is 48.3. The second kappa shape index (κ2) is 22.5. The lowest BCUT2D eigenvalue weighted by molar-refractivity contribution is 0.426. The van der Waals surface area contributed by atoms with Gasteiger partial charge in [0.15, 0.2) is 0 Å². The molecule has 12 nitrogen and oxygen atoms in total. The van der Waals surface area contributed by atoms with E-state index in [1.807, 2.05) is 114 Å². The summed E-state index contributed by atoms with van der Waals surface area (Å²) >= 11 is 0. The number of aromatic hydroxyl groups is 3. The number of hydrogen-bond acceptors (Lipinski definition) is 9. The zero-order valence-corrected chi connectivity index (χ0v) is 54.7. The van der Waals surface area contributed by atoms with Gasteiger partial charge in [-0.15, -0.1) is 0 Å². The molecule has 0 atom stereocenters. The second-order valence-corrected chi connectivity index (χ2v) is 29.7. The Morgan fingerprint density at radius 3 is 0.595 bits per heavy atom. The minimum Gasteiger partial charge on any atom is -0.507 e. The van der Waals surface area contributed by atoms with Crippen LogP contribution >= 0.6 is 0 Å². The number of nitrogens with zero attached hydrogens (tertiary/aromatic N) is 3. The molecule has 0 saturated heterocycles. The topological polar surface area (TPSA) is 154 Å². The number of benzene rings is 6. The van der Waals surface area contributed by atoms with E-state index in [1.54, 1.807) is 0 Å². The molecule has 0 amide bonds. The molecule has 0 aliphatic rings. The van der Waals surface area contributed by atoms with Crippen LogP contribution in [0.25, 0.3) is 0 Å². The third-order valence-electron chi connectivity index (χ3n) is 15.8. The van der Waals surface area contributed by atoms with Crippen LogP contribution in [0, 0.1) is 41.5 Å². The number of ether oxygens (including phenoxy) is 3. The predicted octanol–water partition coefficient (Wildman–Crippen LogP) is 16.4. The SMILES string of the molecule is Cc1cc(Oc2c(C(C)(C)C)cc(Cn3c(=O)n(Cc4cc(C(C)(C)C)c(Oc5cc(C)c(O)c(C)c5)c(C(C)(C)C)c4)c(=O)n(Cc4cc(C(C)(C)C)c(Oc5cc(C)c(O)c(C)c5)c(C(C)(C)C)c4)c3=O)cc2C(C)(C)C)cc(C)c1O. The normalized spacial score (nSPS) is 12.7. The van der Waals surface area contributed by atoms with Crippen LogP contribution in [-0.2, 0) is 52.1 Å². The monoisotopic (exact) mass is 1140 g/mol. The van der Waals surface area contributed by atoms with Crippen molar-refractivity contribution in [2.45, 2.75) is 218 Å². The summed E-state index contributed by atoms with van der Waals surface area (Å²) in [5.41, 5.74) is 5.98. The van der Waals surface area contributed by atoms with Gasteiger partial charge in [-0.05, 0) is 197 Å². The molecule has 7 aromatic rings. The molecule has 0 fully saturated rings. The van der Waals surface area contributed by atoms with Gasteiger partial charge >= 0.3 is 17.1 Å². The van der Waals surface area contributed by atoms with Crippen LogP contribution in [0.3, 0.4) is 0 Å². The Labute approximate surface area is 498 Å². The van der Waals surface area contributed by atoms with E-state index < -0.39 is 49.6 Å². The van der Waals surface area contributed by atoms with Crippen LogP contribution in [-0.4, -0.2) is 29.0 Å². The lowest BCUT2D eigenvalue weighted by atomic mass is 9.78. The highest BCUT2D eigenvalue weighted by Crippen LogP contribution is 2.47. The van der Waals surface area contributed by atoms with Crippen LogP contribution in [0.2, 0.25) is 0 Å². The third-order valence-corrected chi connectivity index (χ3v) is 15.8. The summed E-state index contributed by atoms with van der Waals surface area (Å²) in [7, 11) is 0. The first-order valence-electron chi connectivity index (χ1n) is 29.3. The number of phenolic OH excluding ortho intramolecular Hbond substituents is 3. The van der Waals surface area contributed by atoms with Crippen molar-refractivity contribution < 1.29 is 29.5 Å². The first-order chi connectivity index (χ1) is 38.4. The number of rotatable bonds is 12. The highest BCUT2D eigenvalue weighted by Gasteiger charge is 2.34. The molecule has 0 aliphatic heterocycles. The molecule has 450 valence electrons. The van der Waals surface area contributed by atoms with Crippen LogP contribution in [0.4, 0.5) is 0 Å². The maximum atomic E-state index is 15.6. The molecule has 0 unspecified atom stereocenters.